The number of rotatable bonds is 10. The van der Waals surface area contributed by atoms with E-state index in [1.165, 1.54) is 25.7 Å². The maximum atomic E-state index is 12.4. The van der Waals surface area contributed by atoms with Gasteiger partial charge < -0.3 is 20.6 Å². The molecule has 36 heavy (non-hydrogen) atoms. The molecule has 4 rings (SSSR count). The Balaban J connectivity index is 1.30. The first-order chi connectivity index (χ1) is 17.1. The second kappa shape index (κ2) is 11.3. The minimum absolute atomic E-state index is 0.115. The number of carboxylic acid groups (broad SMARTS) is 1. The van der Waals surface area contributed by atoms with Crippen LogP contribution in [0.15, 0.2) is 0 Å². The lowest BCUT2D eigenvalue weighted by atomic mass is 9.43. The fourth-order valence-corrected chi connectivity index (χ4v) is 9.63. The number of aliphatic hydroxyl groups is 2. The van der Waals surface area contributed by atoms with Crippen molar-refractivity contribution in [1.29, 1.82) is 0 Å². The van der Waals surface area contributed by atoms with E-state index in [9.17, 15) is 19.8 Å². The Hall–Kier alpha value is -1.14. The van der Waals surface area contributed by atoms with E-state index in [1.807, 2.05) is 0 Å². The molecule has 0 aliphatic heterocycles. The third-order valence-electron chi connectivity index (χ3n) is 11.6. The summed E-state index contributed by atoms with van der Waals surface area (Å²) in [6, 6.07) is 0. The molecule has 4 saturated carbocycles. The van der Waals surface area contributed by atoms with Crippen molar-refractivity contribution in [1.82, 2.24) is 5.32 Å². The average molecular weight is 506 g/mol. The molecule has 4 N–H and O–H groups in total. The number of hydrogen-bond donors (Lipinski definition) is 4. The number of unbranched alkanes of at least 4 members (excludes halogenated alkanes) is 2. The van der Waals surface area contributed by atoms with E-state index in [-0.39, 0.29) is 35.4 Å². The van der Waals surface area contributed by atoms with Crippen molar-refractivity contribution in [3.8, 4) is 0 Å². The Morgan fingerprint density at radius 3 is 2.39 bits per heavy atom. The zero-order chi connectivity index (χ0) is 26.1. The molecular weight excluding hydrogens is 454 g/mol. The summed E-state index contributed by atoms with van der Waals surface area (Å²) in [5.74, 6) is 2.45. The Morgan fingerprint density at radius 2 is 1.64 bits per heavy atom. The van der Waals surface area contributed by atoms with Gasteiger partial charge in [0.1, 0.15) is 0 Å². The van der Waals surface area contributed by atoms with Gasteiger partial charge in [0.05, 0.1) is 12.2 Å². The van der Waals surface area contributed by atoms with Gasteiger partial charge in [-0.2, -0.15) is 0 Å². The number of carbonyl (C=O) groups is 2. The summed E-state index contributed by atoms with van der Waals surface area (Å²) < 4.78 is 0. The number of amides is 1. The van der Waals surface area contributed by atoms with Crippen molar-refractivity contribution in [2.75, 3.05) is 6.54 Å². The number of aliphatic carboxylic acids is 1. The van der Waals surface area contributed by atoms with E-state index in [1.54, 1.807) is 0 Å². The molecule has 0 heterocycles. The molecule has 0 aromatic heterocycles. The van der Waals surface area contributed by atoms with Crippen molar-refractivity contribution in [2.24, 2.45) is 46.3 Å². The standard InChI is InChI=1S/C30H51NO5/c1-19(8-11-26(34)31-16-6-4-5-7-27(35)36)22-9-10-23-28-24(13-15-30(22,23)3)29(2)14-12-21(32)17-20(29)18-25(28)33/h19-25,28,32-33H,4-18H2,1-3H3,(H,31,34)(H,35,36)/t19?,20?,21-,22-,23?,24?,25-,28?,29+,30-/m1/s1. The molecular formula is C30H51NO5. The van der Waals surface area contributed by atoms with Crippen LogP contribution >= 0.6 is 0 Å². The lowest BCUT2D eigenvalue weighted by molar-refractivity contribution is -0.174. The van der Waals surface area contributed by atoms with Crippen LogP contribution in [0, 0.1) is 46.3 Å². The molecule has 1 amide bonds. The van der Waals surface area contributed by atoms with E-state index >= 15 is 0 Å². The first-order valence-electron chi connectivity index (χ1n) is 14.9. The topological polar surface area (TPSA) is 107 Å². The van der Waals surface area contributed by atoms with Gasteiger partial charge in [-0.05, 0) is 117 Å². The van der Waals surface area contributed by atoms with Crippen LogP contribution in [-0.4, -0.2) is 45.9 Å². The largest absolute Gasteiger partial charge is 0.481 e. The lowest BCUT2D eigenvalue weighted by Gasteiger charge is -2.62. The van der Waals surface area contributed by atoms with Crippen LogP contribution in [0.4, 0.5) is 0 Å². The minimum atomic E-state index is -0.755. The molecule has 0 bridgehead atoms. The van der Waals surface area contributed by atoms with Gasteiger partial charge in [0.15, 0.2) is 0 Å². The number of carboxylic acids is 1. The first-order valence-corrected chi connectivity index (χ1v) is 14.9. The van der Waals surface area contributed by atoms with Crippen LogP contribution in [0.1, 0.15) is 111 Å². The zero-order valence-electron chi connectivity index (χ0n) is 22.9. The second-order valence-electron chi connectivity index (χ2n) is 13.5. The maximum Gasteiger partial charge on any atom is 0.303 e. The van der Waals surface area contributed by atoms with Gasteiger partial charge >= 0.3 is 5.97 Å². The van der Waals surface area contributed by atoms with Crippen molar-refractivity contribution in [3.05, 3.63) is 0 Å². The average Bonchev–Trinajstić information content (AvgIpc) is 3.18. The highest BCUT2D eigenvalue weighted by Crippen LogP contribution is 2.68. The fourth-order valence-electron chi connectivity index (χ4n) is 9.63. The summed E-state index contributed by atoms with van der Waals surface area (Å²) in [4.78, 5) is 23.0. The molecule has 0 saturated heterocycles. The quantitative estimate of drug-likeness (QED) is 0.307. The molecule has 0 aromatic rings. The highest BCUT2D eigenvalue weighted by Gasteiger charge is 2.62. The number of carbonyl (C=O) groups excluding carboxylic acids is 1. The third-order valence-corrected chi connectivity index (χ3v) is 11.6. The van der Waals surface area contributed by atoms with Crippen molar-refractivity contribution < 1.29 is 24.9 Å². The summed E-state index contributed by atoms with van der Waals surface area (Å²) in [5, 5.41) is 33.4. The summed E-state index contributed by atoms with van der Waals surface area (Å²) in [5.41, 5.74) is 0.513. The maximum absolute atomic E-state index is 12.4. The Morgan fingerprint density at radius 1 is 0.917 bits per heavy atom. The number of hydrogen-bond acceptors (Lipinski definition) is 4. The molecule has 5 unspecified atom stereocenters. The predicted octanol–water partition coefficient (Wildman–Crippen LogP) is 5.15. The molecule has 0 aromatic carbocycles. The molecule has 0 spiro atoms. The third kappa shape index (κ3) is 5.50. The minimum Gasteiger partial charge on any atom is -0.481 e. The Kier molecular flexibility index (Phi) is 8.76. The van der Waals surface area contributed by atoms with Crippen LogP contribution in [0.25, 0.3) is 0 Å². The summed E-state index contributed by atoms with van der Waals surface area (Å²) in [7, 11) is 0. The predicted molar refractivity (Wildman–Crippen MR) is 140 cm³/mol. The molecule has 6 heteroatoms. The van der Waals surface area contributed by atoms with E-state index < -0.39 is 5.97 Å². The number of aliphatic hydroxyl groups excluding tert-OH is 2. The van der Waals surface area contributed by atoms with Crippen molar-refractivity contribution >= 4 is 11.9 Å². The van der Waals surface area contributed by atoms with E-state index in [0.29, 0.717) is 54.9 Å². The van der Waals surface area contributed by atoms with Crippen LogP contribution in [0.3, 0.4) is 0 Å². The molecule has 4 aliphatic rings. The molecule has 10 atom stereocenters. The Bertz CT molecular complexity index is 787. The lowest BCUT2D eigenvalue weighted by Crippen LogP contribution is -2.58. The molecule has 0 radical (unpaired) electrons. The van der Waals surface area contributed by atoms with Gasteiger partial charge in [-0.25, -0.2) is 0 Å². The van der Waals surface area contributed by atoms with Gasteiger partial charge in [-0.1, -0.05) is 27.2 Å². The smallest absolute Gasteiger partial charge is 0.303 e. The van der Waals surface area contributed by atoms with Crippen LogP contribution < -0.4 is 5.32 Å². The van der Waals surface area contributed by atoms with E-state index in [4.69, 9.17) is 5.11 Å². The van der Waals surface area contributed by atoms with Crippen LogP contribution in [0.2, 0.25) is 0 Å². The molecule has 6 nitrogen and oxygen atoms in total. The normalized spacial score (nSPS) is 42.6. The SMILES string of the molecule is CC(CCC(=O)NCCCCCC(=O)O)[C@H]1CCC2C3C(CC[C@@]21C)[C@@]1(C)CC[C@@H](O)CC1C[C@H]3O. The second-order valence-corrected chi connectivity index (χ2v) is 13.5. The van der Waals surface area contributed by atoms with Gasteiger partial charge in [0.2, 0.25) is 5.91 Å². The highest BCUT2D eigenvalue weighted by molar-refractivity contribution is 5.75. The zero-order valence-corrected chi connectivity index (χ0v) is 22.9. The van der Waals surface area contributed by atoms with Crippen molar-refractivity contribution in [2.45, 2.75) is 123 Å². The monoisotopic (exact) mass is 505 g/mol. The summed E-state index contributed by atoms with van der Waals surface area (Å²) in [6.07, 6.45) is 12.2. The molecule has 206 valence electrons. The van der Waals surface area contributed by atoms with Gasteiger partial charge in [-0.15, -0.1) is 0 Å². The number of nitrogens with one attached hydrogen (secondary N) is 1. The van der Waals surface area contributed by atoms with Crippen LogP contribution in [-0.2, 0) is 9.59 Å². The number of fused-ring (bicyclic) bond motifs is 5. The summed E-state index contributed by atoms with van der Waals surface area (Å²) >= 11 is 0. The van der Waals surface area contributed by atoms with E-state index in [2.05, 4.69) is 26.1 Å². The first kappa shape index (κ1) is 27.9. The van der Waals surface area contributed by atoms with Gasteiger partial charge in [0.25, 0.3) is 0 Å². The molecule has 4 fully saturated rings. The Labute approximate surface area is 218 Å². The summed E-state index contributed by atoms with van der Waals surface area (Å²) in [6.45, 7) is 7.93. The fraction of sp³-hybridized carbons (Fsp3) is 0.933. The van der Waals surface area contributed by atoms with Crippen LogP contribution in [0.5, 0.6) is 0 Å². The van der Waals surface area contributed by atoms with E-state index in [0.717, 1.165) is 44.9 Å². The van der Waals surface area contributed by atoms with Gasteiger partial charge in [-0.3, -0.25) is 9.59 Å². The molecule has 4 aliphatic carbocycles. The van der Waals surface area contributed by atoms with Gasteiger partial charge in [0, 0.05) is 19.4 Å². The van der Waals surface area contributed by atoms with Crippen molar-refractivity contribution in [3.63, 3.8) is 0 Å². The highest BCUT2D eigenvalue weighted by atomic mass is 16.4.